The van der Waals surface area contributed by atoms with Gasteiger partial charge in [-0.25, -0.2) is 5.43 Å². The highest BCUT2D eigenvalue weighted by Crippen LogP contribution is 2.29. The molecule has 3 rings (SSSR count). The highest BCUT2D eigenvalue weighted by Gasteiger charge is 2.15. The van der Waals surface area contributed by atoms with Gasteiger partial charge in [-0.05, 0) is 47.5 Å². The summed E-state index contributed by atoms with van der Waals surface area (Å²) >= 11 is 5.92. The lowest BCUT2D eigenvalue weighted by molar-refractivity contribution is -0.136. The molecule has 3 aromatic rings. The average molecular weight is 468 g/mol. The van der Waals surface area contributed by atoms with E-state index in [1.165, 1.54) is 26.5 Å². The number of amides is 2. The Morgan fingerprint density at radius 1 is 0.909 bits per heavy atom. The van der Waals surface area contributed by atoms with Crippen molar-refractivity contribution in [3.8, 4) is 17.2 Å². The predicted molar refractivity (Wildman–Crippen MR) is 126 cm³/mol. The molecule has 9 heteroatoms. The zero-order valence-corrected chi connectivity index (χ0v) is 18.8. The number of methoxy groups -OCH3 is 2. The molecule has 2 N–H and O–H groups in total. The van der Waals surface area contributed by atoms with Crippen LogP contribution in [0.5, 0.6) is 17.2 Å². The van der Waals surface area contributed by atoms with E-state index in [1.807, 2.05) is 30.3 Å². The van der Waals surface area contributed by atoms with Crippen molar-refractivity contribution in [3.63, 3.8) is 0 Å². The van der Waals surface area contributed by atoms with Gasteiger partial charge in [-0.1, -0.05) is 41.9 Å². The maximum atomic E-state index is 12.1. The van der Waals surface area contributed by atoms with Crippen LogP contribution in [0.1, 0.15) is 11.1 Å². The maximum absolute atomic E-state index is 12.1. The summed E-state index contributed by atoms with van der Waals surface area (Å²) < 4.78 is 16.3. The quantitative estimate of drug-likeness (QED) is 0.296. The zero-order valence-electron chi connectivity index (χ0n) is 18.0. The van der Waals surface area contributed by atoms with Gasteiger partial charge < -0.3 is 19.5 Å². The number of nitrogens with one attached hydrogen (secondary N) is 2. The van der Waals surface area contributed by atoms with Crippen molar-refractivity contribution in [3.05, 3.63) is 82.9 Å². The fraction of sp³-hybridized carbons (Fsp3) is 0.125. The van der Waals surface area contributed by atoms with E-state index in [1.54, 1.807) is 30.3 Å². The van der Waals surface area contributed by atoms with Gasteiger partial charge in [0.05, 0.1) is 26.1 Å². The number of carbonyl (C=O) groups excluding carboxylic acids is 2. The Labute approximate surface area is 196 Å². The second kappa shape index (κ2) is 11.5. The van der Waals surface area contributed by atoms with E-state index in [9.17, 15) is 9.59 Å². The molecule has 2 amide bonds. The van der Waals surface area contributed by atoms with Gasteiger partial charge >= 0.3 is 11.8 Å². The molecule has 170 valence electrons. The summed E-state index contributed by atoms with van der Waals surface area (Å²) in [6.07, 6.45) is 1.38. The molecule has 0 radical (unpaired) electrons. The molecule has 0 aromatic heterocycles. The molecule has 0 fully saturated rings. The van der Waals surface area contributed by atoms with Gasteiger partial charge in [0.2, 0.25) is 0 Å². The van der Waals surface area contributed by atoms with E-state index in [-0.39, 0.29) is 5.69 Å². The van der Waals surface area contributed by atoms with Crippen LogP contribution in [0.4, 0.5) is 5.69 Å². The molecular weight excluding hydrogens is 446 g/mol. The SMILES string of the molecule is COc1ccc(Cl)cc1NC(=O)C(=O)NN=Cc1ccc(OCc2ccccc2)c(OC)c1. The van der Waals surface area contributed by atoms with Crippen molar-refractivity contribution in [1.29, 1.82) is 0 Å². The summed E-state index contributed by atoms with van der Waals surface area (Å²) in [5.41, 5.74) is 4.11. The highest BCUT2D eigenvalue weighted by atomic mass is 35.5. The molecule has 0 saturated heterocycles. The van der Waals surface area contributed by atoms with Gasteiger partial charge in [0.25, 0.3) is 0 Å². The molecule has 3 aromatic carbocycles. The van der Waals surface area contributed by atoms with Gasteiger partial charge in [-0.2, -0.15) is 5.10 Å². The van der Waals surface area contributed by atoms with Crippen LogP contribution in [-0.4, -0.2) is 32.2 Å². The van der Waals surface area contributed by atoms with Gasteiger partial charge in [0.1, 0.15) is 12.4 Å². The van der Waals surface area contributed by atoms with Crippen LogP contribution in [0.2, 0.25) is 5.02 Å². The number of nitrogens with zero attached hydrogens (tertiary/aromatic N) is 1. The summed E-state index contributed by atoms with van der Waals surface area (Å²) in [5, 5.41) is 6.64. The maximum Gasteiger partial charge on any atom is 0.329 e. The smallest absolute Gasteiger partial charge is 0.329 e. The first kappa shape index (κ1) is 23.6. The fourth-order valence-corrected chi connectivity index (χ4v) is 2.96. The zero-order chi connectivity index (χ0) is 23.6. The molecule has 8 nitrogen and oxygen atoms in total. The Morgan fingerprint density at radius 2 is 1.64 bits per heavy atom. The average Bonchev–Trinajstić information content (AvgIpc) is 2.83. The normalized spacial score (nSPS) is 10.5. The van der Waals surface area contributed by atoms with Crippen molar-refractivity contribution in [2.24, 2.45) is 5.10 Å². The number of ether oxygens (including phenoxy) is 3. The number of halogens is 1. The fourth-order valence-electron chi connectivity index (χ4n) is 2.79. The molecule has 0 spiro atoms. The van der Waals surface area contributed by atoms with E-state index in [2.05, 4.69) is 15.8 Å². The van der Waals surface area contributed by atoms with E-state index in [0.717, 1.165) is 5.56 Å². The second-order valence-electron chi connectivity index (χ2n) is 6.68. The Morgan fingerprint density at radius 3 is 2.36 bits per heavy atom. The number of hydrogen-bond donors (Lipinski definition) is 2. The van der Waals surface area contributed by atoms with Gasteiger partial charge in [0.15, 0.2) is 11.5 Å². The minimum absolute atomic E-state index is 0.268. The Bertz CT molecular complexity index is 1150. The predicted octanol–water partition coefficient (Wildman–Crippen LogP) is 4.03. The Hall–Kier alpha value is -4.04. The van der Waals surface area contributed by atoms with Crippen LogP contribution >= 0.6 is 11.6 Å². The lowest BCUT2D eigenvalue weighted by Gasteiger charge is -2.11. The molecule has 0 bridgehead atoms. The van der Waals surface area contributed by atoms with Crippen molar-refractivity contribution in [2.75, 3.05) is 19.5 Å². The lowest BCUT2D eigenvalue weighted by atomic mass is 10.2. The monoisotopic (exact) mass is 467 g/mol. The van der Waals surface area contributed by atoms with E-state index in [0.29, 0.717) is 34.4 Å². The molecule has 0 unspecified atom stereocenters. The Balaban J connectivity index is 1.58. The second-order valence-corrected chi connectivity index (χ2v) is 7.12. The van der Waals surface area contributed by atoms with Crippen molar-refractivity contribution in [1.82, 2.24) is 5.43 Å². The summed E-state index contributed by atoms with van der Waals surface area (Å²) in [4.78, 5) is 24.2. The van der Waals surface area contributed by atoms with Gasteiger partial charge in [-0.15, -0.1) is 0 Å². The first-order valence-corrected chi connectivity index (χ1v) is 10.2. The van der Waals surface area contributed by atoms with Gasteiger partial charge in [0, 0.05) is 5.02 Å². The van der Waals surface area contributed by atoms with E-state index >= 15 is 0 Å². The number of rotatable bonds is 8. The molecule has 33 heavy (non-hydrogen) atoms. The largest absolute Gasteiger partial charge is 0.495 e. The molecule has 0 atom stereocenters. The van der Waals surface area contributed by atoms with Crippen LogP contribution < -0.4 is 25.0 Å². The number of benzene rings is 3. The summed E-state index contributed by atoms with van der Waals surface area (Å²) in [6, 6.07) is 19.6. The van der Waals surface area contributed by atoms with Crippen LogP contribution in [-0.2, 0) is 16.2 Å². The Kier molecular flexibility index (Phi) is 8.26. The molecule has 0 aliphatic carbocycles. The molecule has 0 aliphatic heterocycles. The van der Waals surface area contributed by atoms with E-state index < -0.39 is 11.8 Å². The summed E-state index contributed by atoms with van der Waals surface area (Å²) in [5.74, 6) is -0.437. The number of anilines is 1. The topological polar surface area (TPSA) is 98.2 Å². The van der Waals surface area contributed by atoms with Crippen LogP contribution in [0.3, 0.4) is 0 Å². The standard InChI is InChI=1S/C24H22ClN3O5/c1-31-20-11-9-18(25)13-19(20)27-23(29)24(30)28-26-14-17-8-10-21(22(12-17)32-2)33-15-16-6-4-3-5-7-16/h3-14H,15H2,1-2H3,(H,27,29)(H,28,30). The summed E-state index contributed by atoms with van der Waals surface area (Å²) in [7, 11) is 2.97. The number of hydrazone groups is 1. The van der Waals surface area contributed by atoms with Crippen molar-refractivity contribution < 1.29 is 23.8 Å². The van der Waals surface area contributed by atoms with E-state index in [4.69, 9.17) is 25.8 Å². The van der Waals surface area contributed by atoms with Crippen LogP contribution in [0.25, 0.3) is 0 Å². The molecular formula is C24H22ClN3O5. The summed E-state index contributed by atoms with van der Waals surface area (Å²) in [6.45, 7) is 0.396. The first-order chi connectivity index (χ1) is 16.0. The van der Waals surface area contributed by atoms with Crippen molar-refractivity contribution in [2.45, 2.75) is 6.61 Å². The minimum Gasteiger partial charge on any atom is -0.495 e. The first-order valence-electron chi connectivity index (χ1n) is 9.83. The van der Waals surface area contributed by atoms with Crippen LogP contribution in [0, 0.1) is 0 Å². The van der Waals surface area contributed by atoms with Crippen LogP contribution in [0.15, 0.2) is 71.8 Å². The molecule has 0 aliphatic rings. The number of hydrogen-bond acceptors (Lipinski definition) is 6. The van der Waals surface area contributed by atoms with Crippen molar-refractivity contribution >= 4 is 35.3 Å². The molecule has 0 heterocycles. The lowest BCUT2D eigenvalue weighted by Crippen LogP contribution is -2.32. The van der Waals surface area contributed by atoms with Gasteiger partial charge in [-0.3, -0.25) is 9.59 Å². The highest BCUT2D eigenvalue weighted by molar-refractivity contribution is 6.40. The third-order valence-corrected chi connectivity index (χ3v) is 4.66. The third-order valence-electron chi connectivity index (χ3n) is 4.42. The minimum atomic E-state index is -0.956. The molecule has 0 saturated carbocycles. The number of carbonyl (C=O) groups is 2. The third kappa shape index (κ3) is 6.72.